The molecule has 88 valence electrons. The van der Waals surface area contributed by atoms with Crippen molar-refractivity contribution < 1.29 is 14.4 Å². The van der Waals surface area contributed by atoms with Crippen molar-refractivity contribution in [2.75, 3.05) is 0 Å². The molecule has 5 nitrogen and oxygen atoms in total. The lowest BCUT2D eigenvalue weighted by atomic mass is 9.79. The van der Waals surface area contributed by atoms with Crippen LogP contribution in [0.25, 0.3) is 0 Å². The molecule has 0 aliphatic carbocycles. The lowest BCUT2D eigenvalue weighted by molar-refractivity contribution is -0.140. The minimum Gasteiger partial charge on any atom is -0.277 e. The Bertz CT molecular complexity index is 351. The number of imide groups is 2. The summed E-state index contributed by atoms with van der Waals surface area (Å²) in [5.74, 6) is -1.13. The summed E-state index contributed by atoms with van der Waals surface area (Å²) in [4.78, 5) is 34.3. The Labute approximate surface area is 94.3 Å². The molecular formula is C11H16N2O3. The zero-order chi connectivity index (χ0) is 12.3. The number of nitrogens with one attached hydrogen (secondary N) is 2. The van der Waals surface area contributed by atoms with E-state index >= 15 is 0 Å². The van der Waals surface area contributed by atoms with Crippen LogP contribution in [0.4, 0.5) is 4.79 Å². The maximum atomic E-state index is 11.7. The summed E-state index contributed by atoms with van der Waals surface area (Å²) in [7, 11) is 0. The highest BCUT2D eigenvalue weighted by Gasteiger charge is 2.47. The third-order valence-corrected chi connectivity index (χ3v) is 2.89. The van der Waals surface area contributed by atoms with Gasteiger partial charge in [-0.25, -0.2) is 4.79 Å². The van der Waals surface area contributed by atoms with Crippen molar-refractivity contribution in [2.45, 2.75) is 33.6 Å². The van der Waals surface area contributed by atoms with Gasteiger partial charge in [0.15, 0.2) is 0 Å². The molecule has 0 spiro atoms. The van der Waals surface area contributed by atoms with E-state index in [1.807, 2.05) is 13.0 Å². The first-order chi connectivity index (χ1) is 7.42. The van der Waals surface area contributed by atoms with Gasteiger partial charge >= 0.3 is 6.03 Å². The molecule has 16 heavy (non-hydrogen) atoms. The van der Waals surface area contributed by atoms with E-state index in [2.05, 4.69) is 10.6 Å². The monoisotopic (exact) mass is 224 g/mol. The molecular weight excluding hydrogens is 208 g/mol. The lowest BCUT2D eigenvalue weighted by Gasteiger charge is -2.31. The summed E-state index contributed by atoms with van der Waals surface area (Å²) in [5, 5.41) is 4.21. The van der Waals surface area contributed by atoms with E-state index in [4.69, 9.17) is 0 Å². The highest BCUT2D eigenvalue weighted by atomic mass is 16.2. The maximum Gasteiger partial charge on any atom is 0.328 e. The first-order valence-electron chi connectivity index (χ1n) is 5.27. The van der Waals surface area contributed by atoms with Crippen molar-refractivity contribution in [2.24, 2.45) is 5.41 Å². The van der Waals surface area contributed by atoms with E-state index in [9.17, 15) is 14.4 Å². The largest absolute Gasteiger partial charge is 0.328 e. The van der Waals surface area contributed by atoms with Crippen LogP contribution in [0, 0.1) is 5.41 Å². The van der Waals surface area contributed by atoms with Gasteiger partial charge in [-0.2, -0.15) is 0 Å². The molecule has 1 saturated heterocycles. The quantitative estimate of drug-likeness (QED) is 0.557. The van der Waals surface area contributed by atoms with Crippen molar-refractivity contribution in [1.29, 1.82) is 0 Å². The summed E-state index contributed by atoms with van der Waals surface area (Å²) in [5.41, 5.74) is -0.611. The highest BCUT2D eigenvalue weighted by molar-refractivity contribution is 6.20. The molecule has 0 unspecified atom stereocenters. The number of barbiturate groups is 1. The molecule has 4 amide bonds. The van der Waals surface area contributed by atoms with Gasteiger partial charge in [0.1, 0.15) is 5.41 Å². The standard InChI is InChI=1S/C11H16N2O3/c1-4-5-6-7(2)11(3)8(14)12-10(16)13-9(11)15/h6H,4-5H2,1-3H3,(H2,12,13,14,15,16)/b7-6+. The number of hydrogen-bond acceptors (Lipinski definition) is 3. The van der Waals surface area contributed by atoms with E-state index < -0.39 is 23.3 Å². The number of unbranched alkanes of at least 4 members (excludes halogenated alkanes) is 1. The first kappa shape index (κ1) is 12.4. The Morgan fingerprint density at radius 1 is 1.25 bits per heavy atom. The summed E-state index contributed by atoms with van der Waals surface area (Å²) < 4.78 is 0. The molecule has 1 rings (SSSR count). The molecule has 1 aliphatic heterocycles. The maximum absolute atomic E-state index is 11.7. The predicted molar refractivity (Wildman–Crippen MR) is 58.5 cm³/mol. The van der Waals surface area contributed by atoms with Crippen LogP contribution < -0.4 is 10.6 Å². The van der Waals surface area contributed by atoms with Gasteiger partial charge in [-0.05, 0) is 20.3 Å². The fourth-order valence-corrected chi connectivity index (χ4v) is 1.51. The van der Waals surface area contributed by atoms with Crippen LogP contribution in [0.2, 0.25) is 0 Å². The average Bonchev–Trinajstić information content (AvgIpc) is 2.22. The van der Waals surface area contributed by atoms with Gasteiger partial charge in [0.05, 0.1) is 0 Å². The molecule has 0 aromatic carbocycles. The van der Waals surface area contributed by atoms with Crippen LogP contribution in [-0.2, 0) is 9.59 Å². The van der Waals surface area contributed by atoms with E-state index in [-0.39, 0.29) is 0 Å². The van der Waals surface area contributed by atoms with Crippen molar-refractivity contribution in [3.63, 3.8) is 0 Å². The lowest BCUT2D eigenvalue weighted by Crippen LogP contribution is -2.61. The van der Waals surface area contributed by atoms with Crippen molar-refractivity contribution >= 4 is 17.8 Å². The number of amides is 4. The fourth-order valence-electron chi connectivity index (χ4n) is 1.51. The Hall–Kier alpha value is -1.65. The smallest absolute Gasteiger partial charge is 0.277 e. The van der Waals surface area contributed by atoms with E-state index in [1.165, 1.54) is 6.92 Å². The van der Waals surface area contributed by atoms with Crippen LogP contribution in [0.15, 0.2) is 11.6 Å². The molecule has 1 heterocycles. The molecule has 2 N–H and O–H groups in total. The van der Waals surface area contributed by atoms with Gasteiger partial charge in [-0.1, -0.05) is 25.0 Å². The molecule has 0 aromatic heterocycles. The number of carbonyl (C=O) groups is 3. The number of urea groups is 1. The van der Waals surface area contributed by atoms with Crippen LogP contribution >= 0.6 is 0 Å². The van der Waals surface area contributed by atoms with E-state index in [0.29, 0.717) is 5.57 Å². The topological polar surface area (TPSA) is 75.3 Å². The molecule has 0 bridgehead atoms. The number of hydrogen-bond donors (Lipinski definition) is 2. The molecule has 0 radical (unpaired) electrons. The second-order valence-corrected chi connectivity index (χ2v) is 4.04. The third-order valence-electron chi connectivity index (χ3n) is 2.89. The summed E-state index contributed by atoms with van der Waals surface area (Å²) in [6.45, 7) is 5.26. The first-order valence-corrected chi connectivity index (χ1v) is 5.27. The minimum absolute atomic E-state index is 0.564. The van der Waals surface area contributed by atoms with Gasteiger partial charge in [-0.15, -0.1) is 0 Å². The van der Waals surface area contributed by atoms with Crippen molar-refractivity contribution in [3.05, 3.63) is 11.6 Å². The third kappa shape index (κ3) is 1.98. The van der Waals surface area contributed by atoms with Crippen LogP contribution in [0.5, 0.6) is 0 Å². The Balaban J connectivity index is 3.02. The highest BCUT2D eigenvalue weighted by Crippen LogP contribution is 2.29. The van der Waals surface area contributed by atoms with E-state index in [0.717, 1.165) is 12.8 Å². The Morgan fingerprint density at radius 3 is 2.19 bits per heavy atom. The van der Waals surface area contributed by atoms with Crippen LogP contribution in [0.1, 0.15) is 33.6 Å². The van der Waals surface area contributed by atoms with Gasteiger partial charge in [-0.3, -0.25) is 20.2 Å². The van der Waals surface area contributed by atoms with Crippen molar-refractivity contribution in [1.82, 2.24) is 10.6 Å². The second-order valence-electron chi connectivity index (χ2n) is 4.04. The number of carbonyl (C=O) groups excluding carboxylic acids is 3. The number of rotatable bonds is 3. The Kier molecular flexibility index (Phi) is 3.47. The number of allylic oxidation sites excluding steroid dienone is 1. The van der Waals surface area contributed by atoms with Gasteiger partial charge in [0, 0.05) is 0 Å². The molecule has 1 fully saturated rings. The van der Waals surface area contributed by atoms with Crippen molar-refractivity contribution in [3.8, 4) is 0 Å². The molecule has 0 saturated carbocycles. The fraction of sp³-hybridized carbons (Fsp3) is 0.545. The summed E-state index contributed by atoms with van der Waals surface area (Å²) in [6.07, 6.45) is 3.60. The molecule has 0 aromatic rings. The molecule has 5 heteroatoms. The SMILES string of the molecule is CCC/C=C(\C)C1(C)C(=O)NC(=O)NC1=O. The second kappa shape index (κ2) is 4.47. The molecule has 0 atom stereocenters. The van der Waals surface area contributed by atoms with Crippen LogP contribution in [-0.4, -0.2) is 17.8 Å². The average molecular weight is 224 g/mol. The van der Waals surface area contributed by atoms with Crippen LogP contribution in [0.3, 0.4) is 0 Å². The zero-order valence-corrected chi connectivity index (χ0v) is 9.72. The van der Waals surface area contributed by atoms with E-state index in [1.54, 1.807) is 6.92 Å². The summed E-state index contributed by atoms with van der Waals surface area (Å²) in [6, 6.07) is -0.754. The molecule has 1 aliphatic rings. The normalized spacial score (nSPS) is 20.4. The zero-order valence-electron chi connectivity index (χ0n) is 9.72. The Morgan fingerprint density at radius 2 is 1.75 bits per heavy atom. The van der Waals surface area contributed by atoms with Gasteiger partial charge in [0.25, 0.3) is 0 Å². The minimum atomic E-state index is -1.27. The van der Waals surface area contributed by atoms with Gasteiger partial charge in [0.2, 0.25) is 11.8 Å². The van der Waals surface area contributed by atoms with Gasteiger partial charge < -0.3 is 0 Å². The predicted octanol–water partition coefficient (Wildman–Crippen LogP) is 1.11. The summed E-state index contributed by atoms with van der Waals surface area (Å²) >= 11 is 0.